The Hall–Kier alpha value is -4.84. The van der Waals surface area contributed by atoms with E-state index in [1.165, 1.54) is 11.1 Å². The molecule has 0 amide bonds. The van der Waals surface area contributed by atoms with Crippen LogP contribution in [0.1, 0.15) is 27.7 Å². The summed E-state index contributed by atoms with van der Waals surface area (Å²) in [5.74, 6) is 0.685. The van der Waals surface area contributed by atoms with Crippen LogP contribution >= 0.6 is 0 Å². The zero-order valence-electron chi connectivity index (χ0n) is 26.1. The highest BCUT2D eigenvalue weighted by atomic mass is 16.7. The van der Waals surface area contributed by atoms with Crippen LogP contribution in [-0.2, 0) is 9.31 Å². The van der Waals surface area contributed by atoms with Crippen molar-refractivity contribution in [2.45, 2.75) is 38.9 Å². The van der Waals surface area contributed by atoms with Gasteiger partial charge in [-0.05, 0) is 61.5 Å². The maximum Gasteiger partial charge on any atom is 0.495 e. The second kappa shape index (κ2) is 11.6. The number of aromatic nitrogens is 2. The molecule has 1 aromatic heterocycles. The highest BCUT2D eigenvalue weighted by Gasteiger charge is 2.52. The first-order valence-electron chi connectivity index (χ1n) is 15.4. The van der Waals surface area contributed by atoms with E-state index in [-0.39, 0.29) is 0 Å². The minimum atomic E-state index is -0.483. The Morgan fingerprint density at radius 2 is 0.911 bits per heavy atom. The Bertz CT molecular complexity index is 1940. The van der Waals surface area contributed by atoms with Gasteiger partial charge in [-0.3, -0.25) is 0 Å². The molecule has 45 heavy (non-hydrogen) atoms. The van der Waals surface area contributed by atoms with E-state index in [1.54, 1.807) is 0 Å². The molecule has 7 rings (SSSR count). The van der Waals surface area contributed by atoms with E-state index in [0.717, 1.165) is 44.7 Å². The van der Waals surface area contributed by atoms with Gasteiger partial charge in [-0.15, -0.1) is 0 Å². The van der Waals surface area contributed by atoms with E-state index >= 15 is 0 Å². The summed E-state index contributed by atoms with van der Waals surface area (Å²) >= 11 is 0. The Balaban J connectivity index is 1.35. The van der Waals surface area contributed by atoms with Crippen molar-refractivity contribution in [2.75, 3.05) is 0 Å². The lowest BCUT2D eigenvalue weighted by Crippen LogP contribution is -2.41. The predicted octanol–water partition coefficient (Wildman–Crippen LogP) is 9.11. The van der Waals surface area contributed by atoms with Crippen molar-refractivity contribution in [1.29, 1.82) is 0 Å². The third-order valence-corrected chi connectivity index (χ3v) is 9.01. The van der Waals surface area contributed by atoms with Gasteiger partial charge in [-0.1, -0.05) is 133 Å². The van der Waals surface area contributed by atoms with E-state index in [4.69, 9.17) is 19.3 Å². The standard InChI is InChI=1S/C40H35BN2O2/c1-39(2)40(3,4)45-41(44-39)35-22-14-13-20-33(35)32-19-11-12-21-34(32)37-27-36(42-38(43-37)31-17-9-6-10-18-31)30-25-23-29(24-26-30)28-15-7-5-8-16-28/h5-27H,1-4H3. The van der Waals surface area contributed by atoms with Crippen LogP contribution in [0, 0.1) is 0 Å². The zero-order chi connectivity index (χ0) is 31.0. The first-order valence-corrected chi connectivity index (χ1v) is 15.4. The Morgan fingerprint density at radius 1 is 0.444 bits per heavy atom. The molecule has 0 saturated carbocycles. The number of benzene rings is 5. The van der Waals surface area contributed by atoms with Crippen LogP contribution in [0.2, 0.25) is 0 Å². The van der Waals surface area contributed by atoms with Crippen LogP contribution in [0.3, 0.4) is 0 Å². The quantitative estimate of drug-likeness (QED) is 0.183. The highest BCUT2D eigenvalue weighted by Crippen LogP contribution is 2.39. The first kappa shape index (κ1) is 28.9. The second-order valence-corrected chi connectivity index (χ2v) is 12.5. The normalized spacial score (nSPS) is 15.2. The number of hydrogen-bond donors (Lipinski definition) is 0. The van der Waals surface area contributed by atoms with Gasteiger partial charge < -0.3 is 9.31 Å². The van der Waals surface area contributed by atoms with Crippen LogP contribution < -0.4 is 5.46 Å². The summed E-state index contributed by atoms with van der Waals surface area (Å²) in [6.07, 6.45) is 0. The number of nitrogens with zero attached hydrogens (tertiary/aromatic N) is 2. The zero-order valence-corrected chi connectivity index (χ0v) is 26.1. The lowest BCUT2D eigenvalue weighted by molar-refractivity contribution is 0.00578. The maximum atomic E-state index is 6.51. The minimum absolute atomic E-state index is 0.438. The molecule has 0 aliphatic carbocycles. The van der Waals surface area contributed by atoms with Crippen molar-refractivity contribution in [3.05, 3.63) is 140 Å². The summed E-state index contributed by atoms with van der Waals surface area (Å²) in [6, 6.07) is 48.1. The molecule has 1 saturated heterocycles. The molecular weight excluding hydrogens is 551 g/mol. The summed E-state index contributed by atoms with van der Waals surface area (Å²) < 4.78 is 13.0. The first-order chi connectivity index (χ1) is 21.8. The summed E-state index contributed by atoms with van der Waals surface area (Å²) in [6.45, 7) is 8.35. The molecule has 5 aromatic carbocycles. The topological polar surface area (TPSA) is 44.2 Å². The van der Waals surface area contributed by atoms with Crippen LogP contribution in [0.25, 0.3) is 56.2 Å². The van der Waals surface area contributed by atoms with Gasteiger partial charge in [0.05, 0.1) is 22.6 Å². The lowest BCUT2D eigenvalue weighted by Gasteiger charge is -2.32. The van der Waals surface area contributed by atoms with Gasteiger partial charge in [-0.2, -0.15) is 0 Å². The van der Waals surface area contributed by atoms with E-state index in [9.17, 15) is 0 Å². The Morgan fingerprint density at radius 3 is 1.56 bits per heavy atom. The van der Waals surface area contributed by atoms with Crippen molar-refractivity contribution < 1.29 is 9.31 Å². The molecule has 1 fully saturated rings. The third kappa shape index (κ3) is 5.61. The largest absolute Gasteiger partial charge is 0.495 e. The molecule has 0 N–H and O–H groups in total. The Labute approximate surface area is 265 Å². The molecule has 5 heteroatoms. The number of rotatable bonds is 6. The smallest absolute Gasteiger partial charge is 0.399 e. The molecule has 0 atom stereocenters. The van der Waals surface area contributed by atoms with E-state index in [2.05, 4.69) is 137 Å². The van der Waals surface area contributed by atoms with Crippen molar-refractivity contribution in [1.82, 2.24) is 9.97 Å². The van der Waals surface area contributed by atoms with Crippen molar-refractivity contribution in [3.8, 4) is 56.2 Å². The number of hydrogen-bond acceptors (Lipinski definition) is 4. The fourth-order valence-corrected chi connectivity index (χ4v) is 5.77. The van der Waals surface area contributed by atoms with Gasteiger partial charge in [0.1, 0.15) is 0 Å². The molecule has 0 unspecified atom stereocenters. The van der Waals surface area contributed by atoms with E-state index < -0.39 is 18.3 Å². The van der Waals surface area contributed by atoms with Gasteiger partial charge in [-0.25, -0.2) is 9.97 Å². The van der Waals surface area contributed by atoms with Gasteiger partial charge >= 0.3 is 7.12 Å². The maximum absolute atomic E-state index is 6.51. The second-order valence-electron chi connectivity index (χ2n) is 12.5. The molecule has 0 spiro atoms. The molecule has 4 nitrogen and oxygen atoms in total. The molecular formula is C40H35BN2O2. The molecule has 1 aliphatic heterocycles. The Kier molecular flexibility index (Phi) is 7.44. The molecule has 0 radical (unpaired) electrons. The third-order valence-electron chi connectivity index (χ3n) is 9.01. The molecule has 6 aromatic rings. The molecule has 1 aliphatic rings. The predicted molar refractivity (Wildman–Crippen MR) is 185 cm³/mol. The van der Waals surface area contributed by atoms with Crippen molar-refractivity contribution in [3.63, 3.8) is 0 Å². The molecule has 0 bridgehead atoms. The van der Waals surface area contributed by atoms with Gasteiger partial charge in [0.15, 0.2) is 5.82 Å². The lowest BCUT2D eigenvalue weighted by atomic mass is 9.74. The van der Waals surface area contributed by atoms with Crippen LogP contribution in [0.15, 0.2) is 140 Å². The highest BCUT2D eigenvalue weighted by molar-refractivity contribution is 6.64. The fraction of sp³-hybridized carbons (Fsp3) is 0.150. The summed E-state index contributed by atoms with van der Waals surface area (Å²) in [7, 11) is -0.483. The van der Waals surface area contributed by atoms with E-state index in [1.807, 2.05) is 30.3 Å². The van der Waals surface area contributed by atoms with E-state index in [0.29, 0.717) is 5.82 Å². The molecule has 220 valence electrons. The van der Waals surface area contributed by atoms with Crippen LogP contribution in [-0.4, -0.2) is 28.3 Å². The monoisotopic (exact) mass is 586 g/mol. The summed E-state index contributed by atoms with van der Waals surface area (Å²) in [5, 5.41) is 0. The van der Waals surface area contributed by atoms with Crippen molar-refractivity contribution in [2.24, 2.45) is 0 Å². The summed E-state index contributed by atoms with van der Waals surface area (Å²) in [4.78, 5) is 10.2. The van der Waals surface area contributed by atoms with Gasteiger partial charge in [0.2, 0.25) is 0 Å². The average molecular weight is 587 g/mol. The fourth-order valence-electron chi connectivity index (χ4n) is 5.77. The van der Waals surface area contributed by atoms with Crippen molar-refractivity contribution >= 4 is 12.6 Å². The average Bonchev–Trinajstić information content (AvgIpc) is 3.31. The SMILES string of the molecule is CC1(C)OB(c2ccccc2-c2ccccc2-c2cc(-c3ccc(-c4ccccc4)cc3)nc(-c3ccccc3)n2)OC1(C)C. The van der Waals surface area contributed by atoms with Gasteiger partial charge in [0, 0.05) is 16.7 Å². The van der Waals surface area contributed by atoms with Crippen LogP contribution in [0.5, 0.6) is 0 Å². The summed E-state index contributed by atoms with van der Waals surface area (Å²) in [5.41, 5.74) is 9.33. The van der Waals surface area contributed by atoms with Crippen LogP contribution in [0.4, 0.5) is 0 Å². The molecule has 2 heterocycles. The van der Waals surface area contributed by atoms with Gasteiger partial charge in [0.25, 0.3) is 0 Å². The minimum Gasteiger partial charge on any atom is -0.399 e.